The molecule has 110 valence electrons. The van der Waals surface area contributed by atoms with Crippen molar-refractivity contribution >= 4 is 17.3 Å². The van der Waals surface area contributed by atoms with Gasteiger partial charge in [-0.15, -0.1) is 0 Å². The molecular formula is C16H18FN3O. The van der Waals surface area contributed by atoms with Gasteiger partial charge < -0.3 is 10.6 Å². The van der Waals surface area contributed by atoms with Crippen LogP contribution in [0.4, 0.5) is 15.8 Å². The van der Waals surface area contributed by atoms with Crippen LogP contribution in [0.1, 0.15) is 24.3 Å². The monoisotopic (exact) mass is 287 g/mol. The lowest BCUT2D eigenvalue weighted by Crippen LogP contribution is -2.14. The van der Waals surface area contributed by atoms with Gasteiger partial charge in [-0.05, 0) is 42.3 Å². The molecule has 0 bridgehead atoms. The van der Waals surface area contributed by atoms with E-state index in [1.807, 2.05) is 6.07 Å². The number of pyridine rings is 1. The summed E-state index contributed by atoms with van der Waals surface area (Å²) in [7, 11) is 0. The van der Waals surface area contributed by atoms with E-state index in [1.165, 1.54) is 24.3 Å². The fraction of sp³-hybridized carbons (Fsp3) is 0.250. The maximum Gasteiger partial charge on any atom is 0.274 e. The van der Waals surface area contributed by atoms with Crippen molar-refractivity contribution < 1.29 is 9.18 Å². The molecule has 1 amide bonds. The number of carbonyl (C=O) groups is 1. The summed E-state index contributed by atoms with van der Waals surface area (Å²) in [5.74, 6) is -0.157. The standard InChI is InChI=1S/C16H18FN3O/c1-11(2)10-19-14-7-8-18-15(9-14)16(21)20-13-5-3-12(17)4-6-13/h3-9,11H,10H2,1-2H3,(H,18,19)(H,20,21). The van der Waals surface area contributed by atoms with Gasteiger partial charge >= 0.3 is 0 Å². The van der Waals surface area contributed by atoms with Gasteiger partial charge in [0.25, 0.3) is 5.91 Å². The average Bonchev–Trinajstić information content (AvgIpc) is 2.48. The predicted molar refractivity (Wildman–Crippen MR) is 81.9 cm³/mol. The van der Waals surface area contributed by atoms with Gasteiger partial charge in [-0.25, -0.2) is 4.39 Å². The molecule has 0 radical (unpaired) electrons. The van der Waals surface area contributed by atoms with E-state index >= 15 is 0 Å². The van der Waals surface area contributed by atoms with Gasteiger partial charge in [-0.1, -0.05) is 13.8 Å². The van der Waals surface area contributed by atoms with Crippen molar-refractivity contribution in [3.8, 4) is 0 Å². The number of nitrogens with zero attached hydrogens (tertiary/aromatic N) is 1. The van der Waals surface area contributed by atoms with Crippen molar-refractivity contribution in [2.75, 3.05) is 17.2 Å². The Morgan fingerprint density at radius 1 is 1.19 bits per heavy atom. The van der Waals surface area contributed by atoms with Crippen molar-refractivity contribution in [3.63, 3.8) is 0 Å². The summed E-state index contributed by atoms with van der Waals surface area (Å²) in [6.07, 6.45) is 1.59. The number of anilines is 2. The molecule has 0 aliphatic rings. The van der Waals surface area contributed by atoms with E-state index in [0.29, 0.717) is 17.3 Å². The summed E-state index contributed by atoms with van der Waals surface area (Å²) in [4.78, 5) is 16.1. The molecule has 21 heavy (non-hydrogen) atoms. The van der Waals surface area contributed by atoms with Crippen LogP contribution >= 0.6 is 0 Å². The lowest BCUT2D eigenvalue weighted by Gasteiger charge is -2.10. The molecule has 1 aromatic heterocycles. The van der Waals surface area contributed by atoms with Gasteiger partial charge in [0.2, 0.25) is 0 Å². The van der Waals surface area contributed by atoms with Gasteiger partial charge in [0.15, 0.2) is 0 Å². The Labute approximate surface area is 123 Å². The molecule has 0 saturated carbocycles. The van der Waals surface area contributed by atoms with Crippen molar-refractivity contribution in [1.82, 2.24) is 4.98 Å². The molecule has 1 heterocycles. The van der Waals surface area contributed by atoms with Crippen LogP contribution in [-0.2, 0) is 0 Å². The van der Waals surface area contributed by atoms with E-state index in [0.717, 1.165) is 12.2 Å². The van der Waals surface area contributed by atoms with E-state index in [9.17, 15) is 9.18 Å². The number of benzene rings is 1. The largest absolute Gasteiger partial charge is 0.385 e. The molecule has 0 aliphatic carbocycles. The second kappa shape index (κ2) is 6.83. The summed E-state index contributed by atoms with van der Waals surface area (Å²) < 4.78 is 12.8. The first kappa shape index (κ1) is 15.0. The molecule has 4 nitrogen and oxygen atoms in total. The van der Waals surface area contributed by atoms with Gasteiger partial charge in [0.1, 0.15) is 11.5 Å². The quantitative estimate of drug-likeness (QED) is 0.884. The fourth-order valence-electron chi connectivity index (χ4n) is 1.72. The van der Waals surface area contributed by atoms with Gasteiger partial charge in [-0.3, -0.25) is 9.78 Å². The van der Waals surface area contributed by atoms with Gasteiger partial charge in [0.05, 0.1) is 0 Å². The second-order valence-corrected chi connectivity index (χ2v) is 5.17. The Balaban J connectivity index is 2.05. The van der Waals surface area contributed by atoms with E-state index in [2.05, 4.69) is 29.5 Å². The molecule has 0 saturated heterocycles. The average molecular weight is 287 g/mol. The molecule has 0 unspecified atom stereocenters. The van der Waals surface area contributed by atoms with Gasteiger partial charge in [0, 0.05) is 24.1 Å². The zero-order valence-electron chi connectivity index (χ0n) is 12.1. The summed E-state index contributed by atoms with van der Waals surface area (Å²) in [6.45, 7) is 5.04. The third-order valence-electron chi connectivity index (χ3n) is 2.81. The van der Waals surface area contributed by atoms with E-state index < -0.39 is 0 Å². The molecule has 2 N–H and O–H groups in total. The molecule has 2 rings (SSSR count). The Kier molecular flexibility index (Phi) is 4.87. The van der Waals surface area contributed by atoms with Crippen LogP contribution in [0.15, 0.2) is 42.6 Å². The van der Waals surface area contributed by atoms with Crippen LogP contribution in [-0.4, -0.2) is 17.4 Å². The van der Waals surface area contributed by atoms with Crippen molar-refractivity contribution in [2.45, 2.75) is 13.8 Å². The number of amides is 1. The molecule has 1 aromatic carbocycles. The van der Waals surface area contributed by atoms with Crippen LogP contribution in [0.2, 0.25) is 0 Å². The first-order valence-corrected chi connectivity index (χ1v) is 6.81. The summed E-state index contributed by atoms with van der Waals surface area (Å²) in [6, 6.07) is 9.12. The number of nitrogens with one attached hydrogen (secondary N) is 2. The summed E-state index contributed by atoms with van der Waals surface area (Å²) >= 11 is 0. The third kappa shape index (κ3) is 4.56. The van der Waals surface area contributed by atoms with Crippen molar-refractivity contribution in [1.29, 1.82) is 0 Å². The van der Waals surface area contributed by atoms with E-state index in [-0.39, 0.29) is 11.7 Å². The number of hydrogen-bond acceptors (Lipinski definition) is 3. The highest BCUT2D eigenvalue weighted by Gasteiger charge is 2.08. The number of hydrogen-bond donors (Lipinski definition) is 2. The molecular weight excluding hydrogens is 269 g/mol. The highest BCUT2D eigenvalue weighted by atomic mass is 19.1. The lowest BCUT2D eigenvalue weighted by atomic mass is 10.2. The number of halogens is 1. The number of aromatic nitrogens is 1. The zero-order chi connectivity index (χ0) is 15.2. The van der Waals surface area contributed by atoms with Crippen LogP contribution in [0.5, 0.6) is 0 Å². The Morgan fingerprint density at radius 3 is 2.57 bits per heavy atom. The Bertz CT molecular complexity index is 611. The van der Waals surface area contributed by atoms with Crippen LogP contribution in [0.3, 0.4) is 0 Å². The Morgan fingerprint density at radius 2 is 1.90 bits per heavy atom. The second-order valence-electron chi connectivity index (χ2n) is 5.17. The predicted octanol–water partition coefficient (Wildman–Crippen LogP) is 3.54. The summed E-state index contributed by atoms with van der Waals surface area (Å²) in [5.41, 5.74) is 1.69. The first-order chi connectivity index (χ1) is 10.0. The Hall–Kier alpha value is -2.43. The maximum atomic E-state index is 12.8. The highest BCUT2D eigenvalue weighted by Crippen LogP contribution is 2.12. The van der Waals surface area contributed by atoms with E-state index in [1.54, 1.807) is 12.3 Å². The minimum atomic E-state index is -0.342. The van der Waals surface area contributed by atoms with Crippen molar-refractivity contribution in [3.05, 3.63) is 54.1 Å². The molecule has 2 aromatic rings. The fourth-order valence-corrected chi connectivity index (χ4v) is 1.72. The third-order valence-corrected chi connectivity index (χ3v) is 2.81. The van der Waals surface area contributed by atoms with Crippen molar-refractivity contribution in [2.24, 2.45) is 5.92 Å². The molecule has 0 atom stereocenters. The minimum Gasteiger partial charge on any atom is -0.385 e. The van der Waals surface area contributed by atoms with Crippen LogP contribution in [0.25, 0.3) is 0 Å². The summed E-state index contributed by atoms with van der Waals surface area (Å²) in [5, 5.41) is 5.92. The lowest BCUT2D eigenvalue weighted by molar-refractivity contribution is 0.102. The maximum absolute atomic E-state index is 12.8. The SMILES string of the molecule is CC(C)CNc1ccnc(C(=O)Nc2ccc(F)cc2)c1. The zero-order valence-corrected chi connectivity index (χ0v) is 12.1. The minimum absolute atomic E-state index is 0.313. The molecule has 5 heteroatoms. The molecule has 0 fully saturated rings. The highest BCUT2D eigenvalue weighted by molar-refractivity contribution is 6.03. The van der Waals surface area contributed by atoms with Crippen LogP contribution < -0.4 is 10.6 Å². The molecule has 0 aliphatic heterocycles. The van der Waals surface area contributed by atoms with Gasteiger partial charge in [-0.2, -0.15) is 0 Å². The normalized spacial score (nSPS) is 10.5. The van der Waals surface area contributed by atoms with E-state index in [4.69, 9.17) is 0 Å². The number of carbonyl (C=O) groups excluding carboxylic acids is 1. The van der Waals surface area contributed by atoms with Crippen LogP contribution in [0, 0.1) is 11.7 Å². The first-order valence-electron chi connectivity index (χ1n) is 6.81. The molecule has 0 spiro atoms. The number of rotatable bonds is 5. The topological polar surface area (TPSA) is 54.0 Å². The smallest absolute Gasteiger partial charge is 0.274 e.